The minimum atomic E-state index is 0.105. The van der Waals surface area contributed by atoms with E-state index in [1.165, 1.54) is 4.88 Å². The largest absolute Gasteiger partial charge is 0.322 e. The average molecular weight is 170 g/mol. The molecule has 2 nitrogen and oxygen atoms in total. The second-order valence-corrected chi connectivity index (χ2v) is 4.35. The summed E-state index contributed by atoms with van der Waals surface area (Å²) in [5.41, 5.74) is 5.90. The Bertz CT molecular complexity index is 230. The van der Waals surface area contributed by atoms with Gasteiger partial charge >= 0.3 is 0 Å². The minimum absolute atomic E-state index is 0.105. The van der Waals surface area contributed by atoms with Gasteiger partial charge in [-0.25, -0.2) is 4.98 Å². The summed E-state index contributed by atoms with van der Waals surface area (Å²) in [5.74, 6) is 0.473. The summed E-state index contributed by atoms with van der Waals surface area (Å²) in [5, 5.41) is 1.05. The molecule has 0 aliphatic carbocycles. The molecule has 1 atom stereocenters. The average Bonchev–Trinajstić information content (AvgIpc) is 2.34. The Kier molecular flexibility index (Phi) is 2.62. The summed E-state index contributed by atoms with van der Waals surface area (Å²) >= 11 is 1.69. The molecular weight excluding hydrogens is 156 g/mol. The Labute approximate surface area is 71.5 Å². The first-order valence-electron chi connectivity index (χ1n) is 3.79. The lowest BCUT2D eigenvalue weighted by Crippen LogP contribution is -2.16. The molecule has 1 heterocycles. The van der Waals surface area contributed by atoms with E-state index >= 15 is 0 Å². The molecular formula is C8H14N2S. The normalized spacial score (nSPS) is 13.9. The van der Waals surface area contributed by atoms with Gasteiger partial charge in [-0.3, -0.25) is 0 Å². The van der Waals surface area contributed by atoms with Gasteiger partial charge in [0.15, 0.2) is 0 Å². The molecule has 0 bridgehead atoms. The third kappa shape index (κ3) is 2.01. The molecule has 1 aromatic rings. The zero-order valence-electron chi connectivity index (χ0n) is 7.16. The van der Waals surface area contributed by atoms with Crippen LogP contribution in [0.5, 0.6) is 0 Å². The molecule has 0 aliphatic heterocycles. The molecule has 0 aromatic carbocycles. The monoisotopic (exact) mass is 170 g/mol. The fourth-order valence-electron chi connectivity index (χ4n) is 0.811. The molecule has 2 N–H and O–H groups in total. The van der Waals surface area contributed by atoms with Crippen LogP contribution in [-0.4, -0.2) is 4.98 Å². The maximum Gasteiger partial charge on any atom is 0.110 e. The van der Waals surface area contributed by atoms with Crippen molar-refractivity contribution in [2.24, 2.45) is 11.7 Å². The van der Waals surface area contributed by atoms with Crippen molar-refractivity contribution in [1.29, 1.82) is 0 Å². The first kappa shape index (κ1) is 8.68. The summed E-state index contributed by atoms with van der Waals surface area (Å²) < 4.78 is 0. The van der Waals surface area contributed by atoms with Crippen LogP contribution in [0.15, 0.2) is 6.20 Å². The van der Waals surface area contributed by atoms with Gasteiger partial charge in [-0.1, -0.05) is 13.8 Å². The van der Waals surface area contributed by atoms with Gasteiger partial charge in [0.25, 0.3) is 0 Å². The molecule has 1 aromatic heterocycles. The van der Waals surface area contributed by atoms with Crippen molar-refractivity contribution in [3.8, 4) is 0 Å². The fourth-order valence-corrected chi connectivity index (χ4v) is 1.76. The van der Waals surface area contributed by atoms with Crippen LogP contribution in [-0.2, 0) is 0 Å². The first-order valence-corrected chi connectivity index (χ1v) is 4.61. The third-order valence-corrected chi connectivity index (χ3v) is 2.66. The van der Waals surface area contributed by atoms with E-state index in [0.29, 0.717) is 5.92 Å². The molecule has 0 aliphatic rings. The van der Waals surface area contributed by atoms with Crippen LogP contribution in [0, 0.1) is 12.8 Å². The third-order valence-electron chi connectivity index (χ3n) is 1.64. The second kappa shape index (κ2) is 3.32. The molecule has 1 rings (SSSR count). The highest BCUT2D eigenvalue weighted by Crippen LogP contribution is 2.22. The van der Waals surface area contributed by atoms with Crippen molar-refractivity contribution in [2.45, 2.75) is 26.8 Å². The predicted molar refractivity (Wildman–Crippen MR) is 48.6 cm³/mol. The van der Waals surface area contributed by atoms with Gasteiger partial charge in [-0.05, 0) is 12.8 Å². The quantitative estimate of drug-likeness (QED) is 0.738. The van der Waals surface area contributed by atoms with Crippen LogP contribution in [0.25, 0.3) is 0 Å². The highest BCUT2D eigenvalue weighted by atomic mass is 32.1. The van der Waals surface area contributed by atoms with Gasteiger partial charge in [0.1, 0.15) is 5.01 Å². The van der Waals surface area contributed by atoms with E-state index in [9.17, 15) is 0 Å². The standard InChI is InChI=1S/C8H14N2S/c1-5(2)7(9)8-10-4-6(3)11-8/h4-5,7H,9H2,1-3H3. The van der Waals surface area contributed by atoms with Crippen molar-refractivity contribution in [1.82, 2.24) is 4.98 Å². The molecule has 0 radical (unpaired) electrons. The van der Waals surface area contributed by atoms with Crippen molar-refractivity contribution >= 4 is 11.3 Å². The number of rotatable bonds is 2. The van der Waals surface area contributed by atoms with Crippen LogP contribution in [0.3, 0.4) is 0 Å². The lowest BCUT2D eigenvalue weighted by molar-refractivity contribution is 0.512. The molecule has 1 unspecified atom stereocenters. The van der Waals surface area contributed by atoms with Crippen molar-refractivity contribution < 1.29 is 0 Å². The summed E-state index contributed by atoms with van der Waals surface area (Å²) in [4.78, 5) is 5.46. The van der Waals surface area contributed by atoms with Crippen LogP contribution in [0.2, 0.25) is 0 Å². The van der Waals surface area contributed by atoms with Crippen LogP contribution >= 0.6 is 11.3 Å². The fraction of sp³-hybridized carbons (Fsp3) is 0.625. The number of aryl methyl sites for hydroxylation is 1. The minimum Gasteiger partial charge on any atom is -0.322 e. The molecule has 11 heavy (non-hydrogen) atoms. The number of hydrogen-bond acceptors (Lipinski definition) is 3. The number of hydrogen-bond donors (Lipinski definition) is 1. The number of thiazole rings is 1. The number of aromatic nitrogens is 1. The molecule has 0 fully saturated rings. The number of nitrogens with two attached hydrogens (primary N) is 1. The van der Waals surface area contributed by atoms with Crippen molar-refractivity contribution in [3.05, 3.63) is 16.1 Å². The number of nitrogens with zero attached hydrogens (tertiary/aromatic N) is 1. The van der Waals surface area contributed by atoms with Crippen LogP contribution in [0.1, 0.15) is 29.8 Å². The Morgan fingerprint density at radius 2 is 2.18 bits per heavy atom. The second-order valence-electron chi connectivity index (χ2n) is 3.08. The van der Waals surface area contributed by atoms with Gasteiger partial charge in [-0.15, -0.1) is 11.3 Å². The Morgan fingerprint density at radius 1 is 1.55 bits per heavy atom. The van der Waals surface area contributed by atoms with E-state index in [2.05, 4.69) is 18.8 Å². The van der Waals surface area contributed by atoms with Crippen molar-refractivity contribution in [2.75, 3.05) is 0 Å². The van der Waals surface area contributed by atoms with Gasteiger partial charge < -0.3 is 5.73 Å². The molecule has 0 saturated carbocycles. The summed E-state index contributed by atoms with van der Waals surface area (Å²) in [6, 6.07) is 0.105. The van der Waals surface area contributed by atoms with Crippen LogP contribution < -0.4 is 5.73 Å². The highest BCUT2D eigenvalue weighted by Gasteiger charge is 2.12. The van der Waals surface area contributed by atoms with Crippen molar-refractivity contribution in [3.63, 3.8) is 0 Å². The van der Waals surface area contributed by atoms with E-state index in [1.807, 2.05) is 13.1 Å². The van der Waals surface area contributed by atoms with E-state index < -0.39 is 0 Å². The lowest BCUT2D eigenvalue weighted by Gasteiger charge is -2.11. The molecule has 3 heteroatoms. The Morgan fingerprint density at radius 3 is 2.55 bits per heavy atom. The maximum atomic E-state index is 5.90. The summed E-state index contributed by atoms with van der Waals surface area (Å²) in [6.07, 6.45) is 1.88. The Balaban J connectivity index is 2.76. The SMILES string of the molecule is Cc1cnc(C(N)C(C)C)s1. The predicted octanol–water partition coefficient (Wildman–Crippen LogP) is 2.11. The molecule has 0 saturated heterocycles. The van der Waals surface area contributed by atoms with E-state index in [-0.39, 0.29) is 6.04 Å². The highest BCUT2D eigenvalue weighted by molar-refractivity contribution is 7.11. The van der Waals surface area contributed by atoms with E-state index in [0.717, 1.165) is 5.01 Å². The smallest absolute Gasteiger partial charge is 0.110 e. The zero-order valence-corrected chi connectivity index (χ0v) is 7.98. The summed E-state index contributed by atoms with van der Waals surface area (Å²) in [6.45, 7) is 6.27. The van der Waals surface area contributed by atoms with Gasteiger partial charge in [0.2, 0.25) is 0 Å². The summed E-state index contributed by atoms with van der Waals surface area (Å²) in [7, 11) is 0. The van der Waals surface area contributed by atoms with Crippen LogP contribution in [0.4, 0.5) is 0 Å². The zero-order chi connectivity index (χ0) is 8.43. The van der Waals surface area contributed by atoms with E-state index in [4.69, 9.17) is 5.73 Å². The van der Waals surface area contributed by atoms with Gasteiger partial charge in [0, 0.05) is 11.1 Å². The Hall–Kier alpha value is -0.410. The lowest BCUT2D eigenvalue weighted by atomic mass is 10.1. The van der Waals surface area contributed by atoms with Gasteiger partial charge in [0.05, 0.1) is 6.04 Å². The maximum absolute atomic E-state index is 5.90. The molecule has 0 spiro atoms. The first-order chi connectivity index (χ1) is 5.11. The molecule has 0 amide bonds. The van der Waals surface area contributed by atoms with Gasteiger partial charge in [-0.2, -0.15) is 0 Å². The topological polar surface area (TPSA) is 38.9 Å². The van der Waals surface area contributed by atoms with E-state index in [1.54, 1.807) is 11.3 Å². The molecule has 62 valence electrons.